The van der Waals surface area contributed by atoms with E-state index in [0.29, 0.717) is 43.9 Å². The van der Waals surface area contributed by atoms with Gasteiger partial charge in [0.25, 0.3) is 5.91 Å². The maximum atomic E-state index is 13.7. The highest BCUT2D eigenvalue weighted by atomic mass is 32.1. The number of fused-ring (bicyclic) bond motifs is 2. The van der Waals surface area contributed by atoms with Crippen LogP contribution in [-0.2, 0) is 11.3 Å². The van der Waals surface area contributed by atoms with Crippen LogP contribution in [0.3, 0.4) is 0 Å². The van der Waals surface area contributed by atoms with Crippen LogP contribution in [0.4, 0.5) is 5.13 Å². The molecule has 11 heteroatoms. The lowest BCUT2D eigenvalue weighted by atomic mass is 9.39. The van der Waals surface area contributed by atoms with Crippen LogP contribution in [-0.4, -0.2) is 49.4 Å². The molecule has 0 radical (unpaired) electrons. The molecule has 6 aromatic rings. The van der Waals surface area contributed by atoms with Gasteiger partial charge < -0.3 is 9.84 Å². The number of nitriles is 1. The van der Waals surface area contributed by atoms with Crippen molar-refractivity contribution in [3.8, 4) is 28.5 Å². The van der Waals surface area contributed by atoms with Crippen molar-refractivity contribution < 1.29 is 19.4 Å². The Morgan fingerprint density at radius 3 is 2.44 bits per heavy atom. The molecule has 4 bridgehead atoms. The number of benzene rings is 3. The molecule has 10 rings (SSSR count). The van der Waals surface area contributed by atoms with Crippen LogP contribution < -0.4 is 5.32 Å². The number of rotatable bonds is 8. The number of nitrogens with zero attached hydrogens (tertiary/aromatic N) is 5. The number of anilines is 1. The summed E-state index contributed by atoms with van der Waals surface area (Å²) in [5, 5.41) is 29.7. The molecule has 0 spiro atoms. The highest BCUT2D eigenvalue weighted by molar-refractivity contribution is 7.22. The quantitative estimate of drug-likeness (QED) is 0.157. The minimum atomic E-state index is -1.15. The highest BCUT2D eigenvalue weighted by Crippen LogP contribution is 2.72. The van der Waals surface area contributed by atoms with Crippen LogP contribution in [0.15, 0.2) is 72.9 Å². The molecule has 4 saturated carbocycles. The van der Waals surface area contributed by atoms with E-state index >= 15 is 0 Å². The van der Waals surface area contributed by atoms with Crippen molar-refractivity contribution in [3.63, 3.8) is 0 Å². The Morgan fingerprint density at radius 2 is 1.72 bits per heavy atom. The van der Waals surface area contributed by atoms with E-state index in [1.165, 1.54) is 17.8 Å². The lowest BCUT2D eigenvalue weighted by Crippen LogP contribution is -2.64. The Morgan fingerprint density at radius 1 is 0.944 bits per heavy atom. The number of aromatic nitrogens is 4. The number of carbonyl (C=O) groups excluding carboxylic acids is 1. The maximum absolute atomic E-state index is 13.7. The lowest BCUT2D eigenvalue weighted by Gasteiger charge is -2.69. The molecule has 0 saturated heterocycles. The fourth-order valence-corrected chi connectivity index (χ4v) is 12.2. The standard InChI is InChI=1S/C43H40N6O4S/c1-25-32(17-45-49(25)24-42-19-40(2)18-41(3,20-42)22-43(21-40,23-42)53-4)29-13-14-33(46-36(29)38(51)52)26-9-11-28-27(16-44)10-12-30(31(28)15-26)37(50)48-39-47-34-7-5-6-8-35(34)54-39/h5-15,17H,18-24H2,1-4H3,(H,51,52)(H,47,48,50). The number of thiazole rings is 1. The molecule has 2 atom stereocenters. The van der Waals surface area contributed by atoms with E-state index in [1.807, 2.05) is 38.3 Å². The molecular formula is C43H40N6O4S. The van der Waals surface area contributed by atoms with Crippen molar-refractivity contribution in [2.24, 2.45) is 16.2 Å². The van der Waals surface area contributed by atoms with Gasteiger partial charge in [0, 0.05) is 47.0 Å². The molecule has 3 aromatic carbocycles. The van der Waals surface area contributed by atoms with Gasteiger partial charge >= 0.3 is 5.97 Å². The summed E-state index contributed by atoms with van der Waals surface area (Å²) in [6.07, 6.45) is 8.49. The van der Waals surface area contributed by atoms with Crippen molar-refractivity contribution in [2.75, 3.05) is 12.4 Å². The number of carboxylic acids is 1. The van der Waals surface area contributed by atoms with E-state index in [1.54, 1.807) is 48.7 Å². The van der Waals surface area contributed by atoms with Crippen LogP contribution in [0, 0.1) is 34.5 Å². The van der Waals surface area contributed by atoms with E-state index in [4.69, 9.17) is 9.84 Å². The van der Waals surface area contributed by atoms with Crippen LogP contribution in [0.5, 0.6) is 0 Å². The molecule has 4 aliphatic rings. The van der Waals surface area contributed by atoms with Crippen molar-refractivity contribution >= 4 is 49.3 Å². The van der Waals surface area contributed by atoms with Gasteiger partial charge in [-0.3, -0.25) is 14.8 Å². The number of carbonyl (C=O) groups is 2. The summed E-state index contributed by atoms with van der Waals surface area (Å²) in [7, 11) is 1.87. The second-order valence-electron chi connectivity index (χ2n) is 16.7. The van der Waals surface area contributed by atoms with Gasteiger partial charge in [0.15, 0.2) is 10.8 Å². The number of nitrogens with one attached hydrogen (secondary N) is 1. The molecule has 3 heterocycles. The predicted molar refractivity (Wildman–Crippen MR) is 208 cm³/mol. The molecule has 2 N–H and O–H groups in total. The zero-order valence-electron chi connectivity index (χ0n) is 30.7. The molecule has 0 aliphatic heterocycles. The normalized spacial score (nSPS) is 25.6. The summed E-state index contributed by atoms with van der Waals surface area (Å²) in [5.74, 6) is -1.51. The number of methoxy groups -OCH3 is 1. The minimum absolute atomic E-state index is 0.0612. The number of para-hydroxylation sites is 1. The largest absolute Gasteiger partial charge is 0.476 e. The predicted octanol–water partition coefficient (Wildman–Crippen LogP) is 9.27. The van der Waals surface area contributed by atoms with E-state index < -0.39 is 5.97 Å². The van der Waals surface area contributed by atoms with Gasteiger partial charge in [0.2, 0.25) is 0 Å². The first kappa shape index (κ1) is 34.3. The van der Waals surface area contributed by atoms with E-state index in [9.17, 15) is 20.0 Å². The van der Waals surface area contributed by atoms with E-state index in [-0.39, 0.29) is 33.4 Å². The van der Waals surface area contributed by atoms with Crippen LogP contribution >= 0.6 is 11.3 Å². The average Bonchev–Trinajstić information content (AvgIpc) is 3.70. The summed E-state index contributed by atoms with van der Waals surface area (Å²) in [6, 6.07) is 22.1. The van der Waals surface area contributed by atoms with Gasteiger partial charge in [0.1, 0.15) is 0 Å². The third-order valence-electron chi connectivity index (χ3n) is 12.3. The third kappa shape index (κ3) is 5.58. The Labute approximate surface area is 316 Å². The number of hydrogen-bond acceptors (Lipinski definition) is 8. The molecule has 10 nitrogen and oxygen atoms in total. The number of amides is 1. The first-order valence-corrected chi connectivity index (χ1v) is 19.1. The van der Waals surface area contributed by atoms with Crippen LogP contribution in [0.2, 0.25) is 0 Å². The Bertz CT molecular complexity index is 2550. The van der Waals surface area contributed by atoms with Crippen LogP contribution in [0.1, 0.15) is 84.5 Å². The SMILES string of the molecule is COC12CC3(C)CC(C)(CC(Cn4ncc(-c5ccc(-c6ccc7c(C#N)ccc(C(=O)Nc8nc9ccccc9s8)c7c6)nc5C(=O)O)c4C)(C3)C1)C2. The number of pyridine rings is 1. The van der Waals surface area contributed by atoms with Crippen molar-refractivity contribution in [1.82, 2.24) is 19.7 Å². The molecular weight excluding hydrogens is 697 g/mol. The molecule has 4 aliphatic carbocycles. The molecule has 4 fully saturated rings. The van der Waals surface area contributed by atoms with Gasteiger partial charge in [0.05, 0.1) is 39.3 Å². The van der Waals surface area contributed by atoms with Gasteiger partial charge in [-0.2, -0.15) is 10.4 Å². The van der Waals surface area contributed by atoms with Crippen molar-refractivity contribution in [2.45, 2.75) is 71.4 Å². The molecule has 272 valence electrons. The number of aromatic carboxylic acids is 1. The van der Waals surface area contributed by atoms with Crippen molar-refractivity contribution in [3.05, 3.63) is 95.4 Å². The van der Waals surface area contributed by atoms with E-state index in [0.717, 1.165) is 60.1 Å². The van der Waals surface area contributed by atoms with Gasteiger partial charge in [-0.05, 0) is 110 Å². The van der Waals surface area contributed by atoms with Gasteiger partial charge in [-0.25, -0.2) is 14.8 Å². The highest BCUT2D eigenvalue weighted by Gasteiger charge is 2.66. The summed E-state index contributed by atoms with van der Waals surface area (Å²) in [4.78, 5) is 35.7. The summed E-state index contributed by atoms with van der Waals surface area (Å²) >= 11 is 1.38. The first-order chi connectivity index (χ1) is 25.8. The average molecular weight is 737 g/mol. The topological polar surface area (TPSA) is 143 Å². The molecule has 1 amide bonds. The summed E-state index contributed by atoms with van der Waals surface area (Å²) in [5.41, 5.74) is 5.12. The van der Waals surface area contributed by atoms with Crippen LogP contribution in [0.25, 0.3) is 43.4 Å². The van der Waals surface area contributed by atoms with Crippen molar-refractivity contribution in [1.29, 1.82) is 5.26 Å². The Kier molecular flexibility index (Phi) is 7.65. The monoisotopic (exact) mass is 736 g/mol. The fraction of sp³-hybridized carbons (Fsp3) is 0.349. The molecule has 54 heavy (non-hydrogen) atoms. The molecule has 3 aromatic heterocycles. The van der Waals surface area contributed by atoms with Gasteiger partial charge in [-0.1, -0.05) is 49.4 Å². The Balaban J connectivity index is 1.05. The minimum Gasteiger partial charge on any atom is -0.476 e. The second-order valence-corrected chi connectivity index (χ2v) is 17.8. The van der Waals surface area contributed by atoms with Gasteiger partial charge in [-0.15, -0.1) is 0 Å². The maximum Gasteiger partial charge on any atom is 0.355 e. The number of ether oxygens (including phenoxy) is 1. The zero-order chi connectivity index (χ0) is 37.6. The van der Waals surface area contributed by atoms with E-state index in [2.05, 4.69) is 39.9 Å². The number of hydrogen-bond donors (Lipinski definition) is 2. The Hall–Kier alpha value is -5.44. The summed E-state index contributed by atoms with van der Waals surface area (Å²) < 4.78 is 9.31. The summed E-state index contributed by atoms with van der Waals surface area (Å²) in [6.45, 7) is 7.63. The fourth-order valence-electron chi connectivity index (χ4n) is 11.3. The smallest absolute Gasteiger partial charge is 0.355 e. The zero-order valence-corrected chi connectivity index (χ0v) is 31.5. The molecule has 2 unspecified atom stereocenters. The lowest BCUT2D eigenvalue weighted by molar-refractivity contribution is -0.239. The number of carboxylic acid groups (broad SMARTS) is 1. The third-order valence-corrected chi connectivity index (χ3v) is 13.2. The second kappa shape index (κ2) is 12.0. The first-order valence-electron chi connectivity index (χ1n) is 18.3.